The number of allylic oxidation sites excluding steroid dienone is 1. The summed E-state index contributed by atoms with van der Waals surface area (Å²) in [6.07, 6.45) is 13.6. The summed E-state index contributed by atoms with van der Waals surface area (Å²) in [5, 5.41) is 10.1. The summed E-state index contributed by atoms with van der Waals surface area (Å²) in [7, 11) is 0. The van der Waals surface area contributed by atoms with E-state index in [1.807, 2.05) is 6.07 Å². The van der Waals surface area contributed by atoms with E-state index in [1.165, 1.54) is 37.7 Å². The lowest BCUT2D eigenvalue weighted by atomic mass is 9.84. The Morgan fingerprint density at radius 1 is 1.00 bits per heavy atom. The summed E-state index contributed by atoms with van der Waals surface area (Å²) >= 11 is 0. The molecule has 0 radical (unpaired) electrons. The maximum absolute atomic E-state index is 10.1. The molecule has 0 spiro atoms. The van der Waals surface area contributed by atoms with Crippen molar-refractivity contribution in [3.05, 3.63) is 48.0 Å². The highest BCUT2D eigenvalue weighted by Gasteiger charge is 2.15. The van der Waals surface area contributed by atoms with Gasteiger partial charge in [0.05, 0.1) is 6.10 Å². The summed E-state index contributed by atoms with van der Waals surface area (Å²) in [6.45, 7) is 6.69. The minimum Gasteiger partial charge on any atom is -0.393 e. The van der Waals surface area contributed by atoms with E-state index in [0.717, 1.165) is 19.3 Å². The fraction of sp³-hybridized carbons (Fsp3) is 0.619. The molecule has 1 atom stereocenters. The van der Waals surface area contributed by atoms with Crippen LogP contribution in [0.1, 0.15) is 77.7 Å². The molecule has 0 bridgehead atoms. The molecule has 0 amide bonds. The normalized spacial score (nSPS) is 13.6. The van der Waals surface area contributed by atoms with Gasteiger partial charge in [-0.15, -0.1) is 0 Å². The van der Waals surface area contributed by atoms with Crippen molar-refractivity contribution in [1.29, 1.82) is 0 Å². The second-order valence-corrected chi connectivity index (χ2v) is 6.94. The Bertz CT molecular complexity index is 405. The topological polar surface area (TPSA) is 20.2 Å². The van der Waals surface area contributed by atoms with E-state index in [1.54, 1.807) is 0 Å². The van der Waals surface area contributed by atoms with Crippen LogP contribution in [-0.2, 0) is 5.41 Å². The fourth-order valence-corrected chi connectivity index (χ4v) is 2.76. The van der Waals surface area contributed by atoms with Crippen molar-refractivity contribution in [3.8, 4) is 0 Å². The van der Waals surface area contributed by atoms with E-state index in [4.69, 9.17) is 0 Å². The number of hydrogen-bond donors (Lipinski definition) is 1. The van der Waals surface area contributed by atoms with Gasteiger partial charge in [0.2, 0.25) is 0 Å². The van der Waals surface area contributed by atoms with Gasteiger partial charge in [0.25, 0.3) is 0 Å². The van der Waals surface area contributed by atoms with Crippen molar-refractivity contribution in [1.82, 2.24) is 0 Å². The standard InChI is InChI=1S/C21H34O/c1-4-5-6-7-8-12-16-20(22)17-13-18-21(2,3)19-14-10-9-11-15-19/h9-11,13-15,18,20,22H,4-8,12,16-17H2,1-3H3/b18-13-. The zero-order chi connectivity index (χ0) is 16.3. The molecule has 0 heterocycles. The highest BCUT2D eigenvalue weighted by molar-refractivity contribution is 5.28. The number of hydrogen-bond acceptors (Lipinski definition) is 1. The third-order valence-corrected chi connectivity index (χ3v) is 4.35. The van der Waals surface area contributed by atoms with Crippen LogP contribution in [0.3, 0.4) is 0 Å². The molecule has 1 heteroatoms. The number of rotatable bonds is 11. The lowest BCUT2D eigenvalue weighted by Crippen LogP contribution is -2.13. The van der Waals surface area contributed by atoms with Crippen LogP contribution in [0.25, 0.3) is 0 Å². The van der Waals surface area contributed by atoms with Gasteiger partial charge in [0, 0.05) is 5.41 Å². The average molecular weight is 303 g/mol. The molecule has 22 heavy (non-hydrogen) atoms. The quantitative estimate of drug-likeness (QED) is 0.391. The first-order valence-corrected chi connectivity index (χ1v) is 8.97. The van der Waals surface area contributed by atoms with Crippen LogP contribution in [0.15, 0.2) is 42.5 Å². The van der Waals surface area contributed by atoms with Gasteiger partial charge in [-0.2, -0.15) is 0 Å². The molecule has 0 aliphatic carbocycles. The van der Waals surface area contributed by atoms with Gasteiger partial charge in [-0.1, -0.05) is 102 Å². The Morgan fingerprint density at radius 3 is 2.32 bits per heavy atom. The van der Waals surface area contributed by atoms with Gasteiger partial charge in [-0.25, -0.2) is 0 Å². The Morgan fingerprint density at radius 2 is 1.64 bits per heavy atom. The Kier molecular flexibility index (Phi) is 9.15. The van der Waals surface area contributed by atoms with Crippen LogP contribution in [0, 0.1) is 0 Å². The van der Waals surface area contributed by atoms with Crippen LogP contribution in [0.5, 0.6) is 0 Å². The summed E-state index contributed by atoms with van der Waals surface area (Å²) in [6, 6.07) is 10.5. The van der Waals surface area contributed by atoms with Crippen molar-refractivity contribution in [2.45, 2.75) is 83.7 Å². The number of unbranched alkanes of at least 4 members (excludes halogenated alkanes) is 5. The minimum atomic E-state index is -0.186. The summed E-state index contributed by atoms with van der Waals surface area (Å²) in [4.78, 5) is 0. The molecule has 0 saturated heterocycles. The molecule has 1 aromatic rings. The predicted molar refractivity (Wildman–Crippen MR) is 97.2 cm³/mol. The molecule has 0 aromatic heterocycles. The van der Waals surface area contributed by atoms with Gasteiger partial charge >= 0.3 is 0 Å². The molecule has 1 aromatic carbocycles. The summed E-state index contributed by atoms with van der Waals surface area (Å²) in [5.41, 5.74) is 1.35. The number of aliphatic hydroxyl groups is 1. The monoisotopic (exact) mass is 302 g/mol. The third kappa shape index (κ3) is 7.79. The number of aliphatic hydroxyl groups excluding tert-OH is 1. The molecule has 0 aliphatic heterocycles. The SMILES string of the molecule is CCCCCCCCC(O)C/C=C\C(C)(C)c1ccccc1. The molecule has 1 nitrogen and oxygen atoms in total. The largest absolute Gasteiger partial charge is 0.393 e. The second kappa shape index (κ2) is 10.6. The van der Waals surface area contributed by atoms with Crippen LogP contribution >= 0.6 is 0 Å². The van der Waals surface area contributed by atoms with E-state index in [0.29, 0.717) is 0 Å². The first kappa shape index (κ1) is 19.0. The summed E-state index contributed by atoms with van der Waals surface area (Å²) < 4.78 is 0. The van der Waals surface area contributed by atoms with Crippen LogP contribution < -0.4 is 0 Å². The fourth-order valence-electron chi connectivity index (χ4n) is 2.76. The zero-order valence-electron chi connectivity index (χ0n) is 14.7. The van der Waals surface area contributed by atoms with Crippen molar-refractivity contribution in [2.75, 3.05) is 0 Å². The molecular formula is C21H34O. The molecule has 0 aliphatic rings. The van der Waals surface area contributed by atoms with Crippen LogP contribution in [0.2, 0.25) is 0 Å². The highest BCUT2D eigenvalue weighted by Crippen LogP contribution is 2.24. The van der Waals surface area contributed by atoms with Gasteiger partial charge in [0.1, 0.15) is 0 Å². The Hall–Kier alpha value is -1.08. The Labute approximate surface area is 137 Å². The first-order valence-electron chi connectivity index (χ1n) is 8.97. The maximum atomic E-state index is 10.1. The van der Waals surface area contributed by atoms with E-state index >= 15 is 0 Å². The average Bonchev–Trinajstić information content (AvgIpc) is 2.51. The molecule has 1 N–H and O–H groups in total. The van der Waals surface area contributed by atoms with Crippen LogP contribution in [0.4, 0.5) is 0 Å². The molecule has 124 valence electrons. The van der Waals surface area contributed by atoms with Gasteiger partial charge in [-0.3, -0.25) is 0 Å². The highest BCUT2D eigenvalue weighted by atomic mass is 16.3. The maximum Gasteiger partial charge on any atom is 0.0574 e. The molecule has 1 rings (SSSR count). The van der Waals surface area contributed by atoms with Crippen molar-refractivity contribution in [3.63, 3.8) is 0 Å². The van der Waals surface area contributed by atoms with Gasteiger partial charge < -0.3 is 5.11 Å². The molecule has 0 fully saturated rings. The van der Waals surface area contributed by atoms with E-state index < -0.39 is 0 Å². The van der Waals surface area contributed by atoms with Crippen molar-refractivity contribution < 1.29 is 5.11 Å². The smallest absolute Gasteiger partial charge is 0.0574 e. The molecule has 1 unspecified atom stereocenters. The third-order valence-electron chi connectivity index (χ3n) is 4.35. The second-order valence-electron chi connectivity index (χ2n) is 6.94. The van der Waals surface area contributed by atoms with Gasteiger partial charge in [0.15, 0.2) is 0 Å². The lowest BCUT2D eigenvalue weighted by Gasteiger charge is -2.21. The zero-order valence-corrected chi connectivity index (χ0v) is 14.7. The van der Waals surface area contributed by atoms with Gasteiger partial charge in [-0.05, 0) is 18.4 Å². The summed E-state index contributed by atoms with van der Waals surface area (Å²) in [5.74, 6) is 0. The van der Waals surface area contributed by atoms with E-state index in [2.05, 4.69) is 57.2 Å². The minimum absolute atomic E-state index is 0.0289. The molecular weight excluding hydrogens is 268 g/mol. The van der Waals surface area contributed by atoms with Crippen molar-refractivity contribution in [2.24, 2.45) is 0 Å². The van der Waals surface area contributed by atoms with Crippen molar-refractivity contribution >= 4 is 0 Å². The lowest BCUT2D eigenvalue weighted by molar-refractivity contribution is 0.163. The predicted octanol–water partition coefficient (Wildman–Crippen LogP) is 6.02. The molecule has 0 saturated carbocycles. The number of benzene rings is 1. The van der Waals surface area contributed by atoms with E-state index in [-0.39, 0.29) is 11.5 Å². The Balaban J connectivity index is 2.24. The van der Waals surface area contributed by atoms with Crippen LogP contribution in [-0.4, -0.2) is 11.2 Å². The van der Waals surface area contributed by atoms with E-state index in [9.17, 15) is 5.11 Å². The first-order chi connectivity index (χ1) is 10.6.